The molecule has 0 saturated carbocycles. The van der Waals surface area contributed by atoms with Gasteiger partial charge in [0.25, 0.3) is 5.91 Å². The Kier molecular flexibility index (Phi) is 5.95. The van der Waals surface area contributed by atoms with E-state index in [0.29, 0.717) is 17.4 Å². The van der Waals surface area contributed by atoms with E-state index in [1.807, 2.05) is 42.5 Å². The quantitative estimate of drug-likeness (QED) is 0.341. The minimum Gasteiger partial charge on any atom is -0.340 e. The molecule has 2 aromatic carbocycles. The van der Waals surface area contributed by atoms with Crippen molar-refractivity contribution < 1.29 is 4.79 Å². The molecular weight excluding hydrogens is 388 g/mol. The monoisotopic (exact) mass is 414 g/mol. The van der Waals surface area contributed by atoms with E-state index < -0.39 is 0 Å². The van der Waals surface area contributed by atoms with Gasteiger partial charge < -0.3 is 16.0 Å². The molecule has 2 heterocycles. The maximum atomic E-state index is 12.9. The van der Waals surface area contributed by atoms with Crippen molar-refractivity contribution >= 4 is 34.0 Å². The highest BCUT2D eigenvalue weighted by Crippen LogP contribution is 2.23. The maximum Gasteiger partial charge on any atom is 0.259 e. The highest BCUT2D eigenvalue weighted by Gasteiger charge is 2.14. The summed E-state index contributed by atoms with van der Waals surface area (Å²) in [4.78, 5) is 17.3. The molecule has 7 nitrogen and oxygen atoms in total. The van der Waals surface area contributed by atoms with Crippen molar-refractivity contribution in [3.63, 3.8) is 0 Å². The number of anilines is 3. The second-order valence-corrected chi connectivity index (χ2v) is 7.82. The lowest BCUT2D eigenvalue weighted by molar-refractivity contribution is 0.102. The molecule has 4 N–H and O–H groups in total. The Bertz CT molecular complexity index is 1180. The van der Waals surface area contributed by atoms with Crippen molar-refractivity contribution in [1.82, 2.24) is 20.5 Å². The van der Waals surface area contributed by atoms with Crippen LogP contribution in [0.25, 0.3) is 10.9 Å². The second-order valence-electron chi connectivity index (χ2n) is 7.82. The van der Waals surface area contributed by atoms with Gasteiger partial charge in [0.1, 0.15) is 5.82 Å². The van der Waals surface area contributed by atoms with Crippen LogP contribution in [-0.2, 0) is 0 Å². The highest BCUT2D eigenvalue weighted by atomic mass is 16.1. The summed E-state index contributed by atoms with van der Waals surface area (Å²) < 4.78 is 0. The number of hydrogen-bond donors (Lipinski definition) is 4. The van der Waals surface area contributed by atoms with Gasteiger partial charge in [0.2, 0.25) is 0 Å². The van der Waals surface area contributed by atoms with Gasteiger partial charge in [0.05, 0.1) is 17.3 Å². The molecule has 158 valence electrons. The van der Waals surface area contributed by atoms with Crippen LogP contribution < -0.4 is 16.0 Å². The predicted octanol–water partition coefficient (Wildman–Crippen LogP) is 5.01. The van der Waals surface area contributed by atoms with E-state index in [2.05, 4.69) is 51.9 Å². The van der Waals surface area contributed by atoms with Gasteiger partial charge in [-0.05, 0) is 55.0 Å². The molecule has 4 aromatic rings. The first-order chi connectivity index (χ1) is 15.0. The summed E-state index contributed by atoms with van der Waals surface area (Å²) in [6.07, 6.45) is 3.43. The van der Waals surface area contributed by atoms with E-state index in [4.69, 9.17) is 0 Å². The third kappa shape index (κ3) is 4.90. The Balaban J connectivity index is 1.49. The lowest BCUT2D eigenvalue weighted by Crippen LogP contribution is -2.26. The molecule has 4 rings (SSSR count). The van der Waals surface area contributed by atoms with Crippen LogP contribution in [0.2, 0.25) is 0 Å². The molecule has 0 aliphatic heterocycles. The molecule has 0 aliphatic rings. The van der Waals surface area contributed by atoms with E-state index in [0.717, 1.165) is 22.3 Å². The molecule has 31 heavy (non-hydrogen) atoms. The van der Waals surface area contributed by atoms with Gasteiger partial charge in [-0.3, -0.25) is 9.89 Å². The number of pyridine rings is 1. The number of aromatic amines is 1. The Labute approximate surface area is 181 Å². The molecule has 7 heteroatoms. The second kappa shape index (κ2) is 8.97. The van der Waals surface area contributed by atoms with Gasteiger partial charge in [-0.2, -0.15) is 5.10 Å². The molecule has 2 aromatic heterocycles. The third-order valence-corrected chi connectivity index (χ3v) is 5.01. The number of fused-ring (bicyclic) bond motifs is 1. The fraction of sp³-hybridized carbons (Fsp3) is 0.208. The van der Waals surface area contributed by atoms with Crippen molar-refractivity contribution in [2.75, 3.05) is 10.6 Å². The van der Waals surface area contributed by atoms with Gasteiger partial charge in [-0.15, -0.1) is 0 Å². The first-order valence-electron chi connectivity index (χ1n) is 10.3. The van der Waals surface area contributed by atoms with Crippen LogP contribution in [-0.4, -0.2) is 27.1 Å². The number of carbonyl (C=O) groups is 1. The number of H-pyrrole nitrogens is 1. The number of amides is 1. The van der Waals surface area contributed by atoms with Gasteiger partial charge in [0, 0.05) is 35.0 Å². The molecule has 0 radical (unpaired) electrons. The van der Waals surface area contributed by atoms with Crippen LogP contribution in [0.5, 0.6) is 0 Å². The normalized spacial score (nSPS) is 12.1. The number of benzene rings is 2. The summed E-state index contributed by atoms with van der Waals surface area (Å²) in [6, 6.07) is 17.9. The Morgan fingerprint density at radius 2 is 1.77 bits per heavy atom. The summed E-state index contributed by atoms with van der Waals surface area (Å²) in [7, 11) is 0. The van der Waals surface area contributed by atoms with Crippen LogP contribution in [0.15, 0.2) is 67.0 Å². The number of hydrogen-bond acceptors (Lipinski definition) is 5. The fourth-order valence-corrected chi connectivity index (χ4v) is 3.49. The van der Waals surface area contributed by atoms with E-state index in [1.54, 1.807) is 24.5 Å². The molecule has 1 amide bonds. The Hall–Kier alpha value is -3.71. The number of aromatic nitrogens is 3. The molecule has 1 unspecified atom stereocenters. The lowest BCUT2D eigenvalue weighted by Gasteiger charge is -2.17. The van der Waals surface area contributed by atoms with Gasteiger partial charge in [-0.1, -0.05) is 26.0 Å². The standard InChI is InChI=1S/C24H26N6O/c1-15(2)27-16(3)17-6-9-19(10-7-17)29-24(31)21-5-4-12-25-23(21)28-20-11-8-18-14-26-30-22(18)13-20/h4-16,27H,1-3H3,(H,25,28)(H,26,30)(H,29,31). The SMILES string of the molecule is CC(C)NC(C)c1ccc(NC(=O)c2cccnc2Nc2ccc3cn[nH]c3c2)cc1. The van der Waals surface area contributed by atoms with Gasteiger partial charge in [-0.25, -0.2) is 4.98 Å². The van der Waals surface area contributed by atoms with Gasteiger partial charge >= 0.3 is 0 Å². The largest absolute Gasteiger partial charge is 0.340 e. The summed E-state index contributed by atoms with van der Waals surface area (Å²) in [5.74, 6) is 0.268. The highest BCUT2D eigenvalue weighted by molar-refractivity contribution is 6.07. The van der Waals surface area contributed by atoms with E-state index in [9.17, 15) is 4.79 Å². The zero-order chi connectivity index (χ0) is 21.8. The zero-order valence-electron chi connectivity index (χ0n) is 17.8. The Morgan fingerprint density at radius 1 is 1.00 bits per heavy atom. The maximum absolute atomic E-state index is 12.9. The molecule has 0 aliphatic carbocycles. The van der Waals surface area contributed by atoms with Crippen molar-refractivity contribution in [1.29, 1.82) is 0 Å². The molecule has 0 spiro atoms. The van der Waals surface area contributed by atoms with Crippen LogP contribution >= 0.6 is 0 Å². The lowest BCUT2D eigenvalue weighted by atomic mass is 10.1. The third-order valence-electron chi connectivity index (χ3n) is 5.01. The van der Waals surface area contributed by atoms with Crippen molar-refractivity contribution in [3.8, 4) is 0 Å². The summed E-state index contributed by atoms with van der Waals surface area (Å²) in [5.41, 5.74) is 4.10. The molecule has 0 bridgehead atoms. The summed E-state index contributed by atoms with van der Waals surface area (Å²) in [5, 5.41) is 17.7. The smallest absolute Gasteiger partial charge is 0.259 e. The summed E-state index contributed by atoms with van der Waals surface area (Å²) in [6.45, 7) is 6.37. The van der Waals surface area contributed by atoms with Crippen LogP contribution in [0, 0.1) is 0 Å². The first-order valence-corrected chi connectivity index (χ1v) is 10.3. The predicted molar refractivity (Wildman–Crippen MR) is 125 cm³/mol. The summed E-state index contributed by atoms with van der Waals surface area (Å²) >= 11 is 0. The van der Waals surface area contributed by atoms with Crippen LogP contribution in [0.3, 0.4) is 0 Å². The first kappa shape index (κ1) is 20.6. The van der Waals surface area contributed by atoms with Crippen LogP contribution in [0.1, 0.15) is 42.7 Å². The minimum atomic E-state index is -0.223. The number of nitrogens with one attached hydrogen (secondary N) is 4. The topological polar surface area (TPSA) is 94.7 Å². The average Bonchev–Trinajstić information content (AvgIpc) is 3.22. The minimum absolute atomic E-state index is 0.223. The van der Waals surface area contributed by atoms with Gasteiger partial charge in [0.15, 0.2) is 0 Å². The molecule has 0 saturated heterocycles. The van der Waals surface area contributed by atoms with E-state index in [1.165, 1.54) is 5.56 Å². The number of nitrogens with zero attached hydrogens (tertiary/aromatic N) is 2. The van der Waals surface area contributed by atoms with E-state index >= 15 is 0 Å². The van der Waals surface area contributed by atoms with Crippen molar-refractivity contribution in [2.24, 2.45) is 0 Å². The fourth-order valence-electron chi connectivity index (χ4n) is 3.49. The zero-order valence-corrected chi connectivity index (χ0v) is 17.8. The average molecular weight is 415 g/mol. The van der Waals surface area contributed by atoms with E-state index in [-0.39, 0.29) is 11.9 Å². The molecular formula is C24H26N6O. The molecule has 0 fully saturated rings. The van der Waals surface area contributed by atoms with Crippen molar-refractivity contribution in [2.45, 2.75) is 32.9 Å². The molecule has 1 atom stereocenters. The van der Waals surface area contributed by atoms with Crippen LogP contribution in [0.4, 0.5) is 17.2 Å². The number of carbonyl (C=O) groups excluding carboxylic acids is 1. The Morgan fingerprint density at radius 3 is 2.55 bits per heavy atom. The number of rotatable bonds is 7. The van der Waals surface area contributed by atoms with Crippen molar-refractivity contribution in [3.05, 3.63) is 78.1 Å².